The largest absolute Gasteiger partial charge is 0.379 e. The van der Waals surface area contributed by atoms with Gasteiger partial charge in [-0.2, -0.15) is 5.26 Å². The molecule has 0 saturated carbocycles. The minimum Gasteiger partial charge on any atom is -0.379 e. The standard InChI is InChI=1S/C22H26FN5O/c1-25-22(27-15-19-7-6-17(13-24)12-21(19)23)26-14-18-4-2-3-5-20(18)16-28-8-10-29-11-9-28/h2-7,12H,8-11,14-16H2,1H3,(H2,25,26,27). The molecule has 1 fully saturated rings. The number of hydrogen-bond acceptors (Lipinski definition) is 4. The Bertz CT molecular complexity index is 887. The summed E-state index contributed by atoms with van der Waals surface area (Å²) in [5.41, 5.74) is 3.27. The van der Waals surface area contributed by atoms with Crippen molar-refractivity contribution in [2.75, 3.05) is 33.4 Å². The second-order valence-corrected chi connectivity index (χ2v) is 6.85. The highest BCUT2D eigenvalue weighted by Gasteiger charge is 2.13. The van der Waals surface area contributed by atoms with Crippen LogP contribution < -0.4 is 10.6 Å². The highest BCUT2D eigenvalue weighted by atomic mass is 19.1. The van der Waals surface area contributed by atoms with E-state index >= 15 is 0 Å². The maximum absolute atomic E-state index is 14.1. The lowest BCUT2D eigenvalue weighted by Crippen LogP contribution is -2.37. The zero-order valence-corrected chi connectivity index (χ0v) is 16.6. The molecule has 0 unspecified atom stereocenters. The number of nitrogens with one attached hydrogen (secondary N) is 2. The fourth-order valence-electron chi connectivity index (χ4n) is 3.22. The van der Waals surface area contributed by atoms with Gasteiger partial charge in [-0.15, -0.1) is 0 Å². The molecule has 3 rings (SSSR count). The average Bonchev–Trinajstić information content (AvgIpc) is 2.76. The number of guanidine groups is 1. The predicted octanol–water partition coefficient (Wildman–Crippen LogP) is 2.39. The van der Waals surface area contributed by atoms with Crippen molar-refractivity contribution in [3.8, 4) is 6.07 Å². The van der Waals surface area contributed by atoms with Gasteiger partial charge in [0, 0.05) is 45.3 Å². The van der Waals surface area contributed by atoms with Gasteiger partial charge in [0.2, 0.25) is 0 Å². The smallest absolute Gasteiger partial charge is 0.191 e. The van der Waals surface area contributed by atoms with Crippen molar-refractivity contribution in [2.45, 2.75) is 19.6 Å². The molecule has 0 radical (unpaired) electrons. The summed E-state index contributed by atoms with van der Waals surface area (Å²) in [5, 5.41) is 15.3. The summed E-state index contributed by atoms with van der Waals surface area (Å²) in [5.74, 6) is 0.192. The monoisotopic (exact) mass is 395 g/mol. The van der Waals surface area contributed by atoms with Crippen molar-refractivity contribution in [1.82, 2.24) is 15.5 Å². The first-order valence-electron chi connectivity index (χ1n) is 9.69. The third-order valence-corrected chi connectivity index (χ3v) is 4.91. The minimum atomic E-state index is -0.400. The number of aliphatic imine (C=N–C) groups is 1. The first kappa shape index (κ1) is 20.8. The molecular formula is C22H26FN5O. The van der Waals surface area contributed by atoms with E-state index in [9.17, 15) is 4.39 Å². The molecule has 152 valence electrons. The van der Waals surface area contributed by atoms with Crippen LogP contribution in [0.15, 0.2) is 47.5 Å². The van der Waals surface area contributed by atoms with Crippen molar-refractivity contribution in [3.63, 3.8) is 0 Å². The summed E-state index contributed by atoms with van der Waals surface area (Å²) in [7, 11) is 1.68. The molecule has 0 aromatic heterocycles. The van der Waals surface area contributed by atoms with Crippen LogP contribution in [0, 0.1) is 17.1 Å². The third-order valence-electron chi connectivity index (χ3n) is 4.91. The van der Waals surface area contributed by atoms with Gasteiger partial charge < -0.3 is 15.4 Å². The molecule has 2 N–H and O–H groups in total. The van der Waals surface area contributed by atoms with Crippen LogP contribution in [0.4, 0.5) is 4.39 Å². The molecule has 1 heterocycles. The summed E-state index contributed by atoms with van der Waals surface area (Å²) in [6, 6.07) is 14.7. The fraction of sp³-hybridized carbons (Fsp3) is 0.364. The van der Waals surface area contributed by atoms with Crippen molar-refractivity contribution >= 4 is 5.96 Å². The van der Waals surface area contributed by atoms with Gasteiger partial charge in [0.05, 0.1) is 24.8 Å². The van der Waals surface area contributed by atoms with Gasteiger partial charge >= 0.3 is 0 Å². The molecule has 0 bridgehead atoms. The van der Waals surface area contributed by atoms with Gasteiger partial charge in [0.1, 0.15) is 5.82 Å². The van der Waals surface area contributed by atoms with Crippen LogP contribution in [0.3, 0.4) is 0 Å². The van der Waals surface area contributed by atoms with Crippen molar-refractivity contribution < 1.29 is 9.13 Å². The molecule has 1 aliphatic heterocycles. The molecule has 29 heavy (non-hydrogen) atoms. The summed E-state index contributed by atoms with van der Waals surface area (Å²) in [6.07, 6.45) is 0. The Balaban J connectivity index is 1.56. The maximum Gasteiger partial charge on any atom is 0.191 e. The normalized spacial score (nSPS) is 15.0. The molecule has 1 aliphatic rings. The van der Waals surface area contributed by atoms with Gasteiger partial charge in [-0.1, -0.05) is 30.3 Å². The quantitative estimate of drug-likeness (QED) is 0.581. The van der Waals surface area contributed by atoms with Gasteiger partial charge in [-0.25, -0.2) is 4.39 Å². The zero-order valence-electron chi connectivity index (χ0n) is 16.6. The molecule has 2 aromatic carbocycles. The van der Waals surface area contributed by atoms with Crippen molar-refractivity contribution in [3.05, 3.63) is 70.5 Å². The van der Waals surface area contributed by atoms with E-state index in [0.29, 0.717) is 23.6 Å². The Morgan fingerprint density at radius 2 is 1.79 bits per heavy atom. The van der Waals surface area contributed by atoms with Crippen LogP contribution in [-0.4, -0.2) is 44.2 Å². The molecule has 0 spiro atoms. The number of nitriles is 1. The van der Waals surface area contributed by atoms with E-state index in [2.05, 4.69) is 38.7 Å². The Labute approximate surface area is 171 Å². The van der Waals surface area contributed by atoms with E-state index in [1.807, 2.05) is 12.1 Å². The predicted molar refractivity (Wildman–Crippen MR) is 111 cm³/mol. The van der Waals surface area contributed by atoms with Gasteiger partial charge in [0.25, 0.3) is 0 Å². The van der Waals surface area contributed by atoms with Crippen LogP contribution >= 0.6 is 0 Å². The van der Waals surface area contributed by atoms with Crippen LogP contribution in [0.5, 0.6) is 0 Å². The Morgan fingerprint density at radius 1 is 1.10 bits per heavy atom. The lowest BCUT2D eigenvalue weighted by Gasteiger charge is -2.27. The molecular weight excluding hydrogens is 369 g/mol. The van der Waals surface area contributed by atoms with Crippen LogP contribution in [0.1, 0.15) is 22.3 Å². The van der Waals surface area contributed by atoms with Crippen LogP contribution in [-0.2, 0) is 24.4 Å². The lowest BCUT2D eigenvalue weighted by atomic mass is 10.1. The Kier molecular flexibility index (Phi) is 7.56. The lowest BCUT2D eigenvalue weighted by molar-refractivity contribution is 0.0341. The Hall–Kier alpha value is -2.95. The average molecular weight is 395 g/mol. The van der Waals surface area contributed by atoms with Crippen LogP contribution in [0.25, 0.3) is 0 Å². The van der Waals surface area contributed by atoms with Gasteiger partial charge in [-0.3, -0.25) is 9.89 Å². The summed E-state index contributed by atoms with van der Waals surface area (Å²) < 4.78 is 19.5. The highest BCUT2D eigenvalue weighted by molar-refractivity contribution is 5.79. The van der Waals surface area contributed by atoms with Gasteiger partial charge in [0.15, 0.2) is 5.96 Å². The molecule has 0 amide bonds. The molecule has 0 atom stereocenters. The van der Waals surface area contributed by atoms with Crippen molar-refractivity contribution in [2.24, 2.45) is 4.99 Å². The number of ether oxygens (including phenoxy) is 1. The second-order valence-electron chi connectivity index (χ2n) is 6.85. The molecule has 6 nitrogen and oxygen atoms in total. The third kappa shape index (κ3) is 6.01. The van der Waals surface area contributed by atoms with Crippen molar-refractivity contribution in [1.29, 1.82) is 5.26 Å². The Morgan fingerprint density at radius 3 is 2.45 bits per heavy atom. The maximum atomic E-state index is 14.1. The topological polar surface area (TPSA) is 72.7 Å². The number of hydrogen-bond donors (Lipinski definition) is 2. The van der Waals surface area contributed by atoms with E-state index in [1.165, 1.54) is 17.2 Å². The number of morpholine rings is 1. The van der Waals surface area contributed by atoms with E-state index in [-0.39, 0.29) is 6.54 Å². The SMILES string of the molecule is CN=C(NCc1ccc(C#N)cc1F)NCc1ccccc1CN1CCOCC1. The zero-order chi connectivity index (χ0) is 20.5. The number of benzene rings is 2. The number of halogens is 1. The van der Waals surface area contributed by atoms with E-state index in [1.54, 1.807) is 19.2 Å². The molecule has 0 aliphatic carbocycles. The second kappa shape index (κ2) is 10.6. The van der Waals surface area contributed by atoms with E-state index in [4.69, 9.17) is 10.00 Å². The van der Waals surface area contributed by atoms with Gasteiger partial charge in [-0.05, 0) is 23.3 Å². The number of rotatable bonds is 6. The number of nitrogens with zero attached hydrogens (tertiary/aromatic N) is 3. The molecule has 1 saturated heterocycles. The first-order valence-corrected chi connectivity index (χ1v) is 9.69. The summed E-state index contributed by atoms with van der Waals surface area (Å²) in [6.45, 7) is 5.25. The minimum absolute atomic E-state index is 0.284. The summed E-state index contributed by atoms with van der Waals surface area (Å²) in [4.78, 5) is 6.61. The van der Waals surface area contributed by atoms with E-state index < -0.39 is 5.82 Å². The fourth-order valence-corrected chi connectivity index (χ4v) is 3.22. The van der Waals surface area contributed by atoms with E-state index in [0.717, 1.165) is 32.8 Å². The van der Waals surface area contributed by atoms with Crippen LogP contribution in [0.2, 0.25) is 0 Å². The molecule has 7 heteroatoms. The highest BCUT2D eigenvalue weighted by Crippen LogP contribution is 2.13. The first-order chi connectivity index (χ1) is 14.2. The summed E-state index contributed by atoms with van der Waals surface area (Å²) >= 11 is 0. The molecule has 2 aromatic rings.